The van der Waals surface area contributed by atoms with E-state index in [2.05, 4.69) is 149 Å². The zero-order valence-electron chi connectivity index (χ0n) is 25.8. The van der Waals surface area contributed by atoms with E-state index in [0.29, 0.717) is 0 Å². The Bertz CT molecular complexity index is 2920. The Kier molecular flexibility index (Phi) is 5.08. The Morgan fingerprint density at radius 3 is 1.94 bits per heavy atom. The minimum atomic E-state index is 0.938. The van der Waals surface area contributed by atoms with Crippen molar-refractivity contribution in [1.29, 1.82) is 0 Å². The van der Waals surface area contributed by atoms with Gasteiger partial charge in [-0.2, -0.15) is 0 Å². The van der Waals surface area contributed by atoms with E-state index < -0.39 is 0 Å². The summed E-state index contributed by atoms with van der Waals surface area (Å²) in [6, 6.07) is 52.5. The second-order valence-electron chi connectivity index (χ2n) is 12.6. The molecule has 10 aromatic rings. The smallest absolute Gasteiger partial charge is 0.145 e. The number of aromatic nitrogens is 4. The van der Waals surface area contributed by atoms with Gasteiger partial charge < -0.3 is 4.57 Å². The molecule has 4 heterocycles. The lowest BCUT2D eigenvalue weighted by molar-refractivity contribution is 1.10. The van der Waals surface area contributed by atoms with E-state index in [1.165, 1.54) is 60.3 Å². The molecule has 0 radical (unpaired) electrons. The van der Waals surface area contributed by atoms with Gasteiger partial charge in [0.2, 0.25) is 0 Å². The summed E-state index contributed by atoms with van der Waals surface area (Å²) in [6.07, 6.45) is 3.92. The predicted molar refractivity (Wildman–Crippen MR) is 198 cm³/mol. The summed E-state index contributed by atoms with van der Waals surface area (Å²) in [5.41, 5.74) is 12.7. The summed E-state index contributed by atoms with van der Waals surface area (Å²) in [4.78, 5) is 9.95. The minimum Gasteiger partial charge on any atom is -0.309 e. The van der Waals surface area contributed by atoms with Gasteiger partial charge in [0.25, 0.3) is 0 Å². The maximum atomic E-state index is 5.19. The molecule has 0 amide bonds. The second-order valence-corrected chi connectivity index (χ2v) is 12.6. The topological polar surface area (TPSA) is 35.6 Å². The van der Waals surface area contributed by atoms with Gasteiger partial charge in [0, 0.05) is 67.1 Å². The molecule has 0 fully saturated rings. The molecule has 4 nitrogen and oxygen atoms in total. The van der Waals surface area contributed by atoms with Crippen molar-refractivity contribution < 1.29 is 0 Å². The molecule has 0 aliphatic heterocycles. The maximum Gasteiger partial charge on any atom is 0.145 e. The van der Waals surface area contributed by atoms with Gasteiger partial charge in [-0.15, -0.1) is 0 Å². The molecule has 0 saturated carbocycles. The summed E-state index contributed by atoms with van der Waals surface area (Å²) in [5, 5.41) is 7.28. The van der Waals surface area contributed by atoms with Crippen LogP contribution in [0, 0.1) is 0 Å². The fourth-order valence-electron chi connectivity index (χ4n) is 8.09. The molecule has 11 rings (SSSR count). The lowest BCUT2D eigenvalue weighted by Crippen LogP contribution is -1.99. The normalized spacial score (nSPS) is 12.2. The first-order valence-electron chi connectivity index (χ1n) is 16.3. The average molecular weight is 611 g/mol. The van der Waals surface area contributed by atoms with E-state index in [0.717, 1.165) is 39.1 Å². The molecule has 0 saturated heterocycles. The Hall–Kier alpha value is -6.52. The number of pyridine rings is 2. The van der Waals surface area contributed by atoms with Crippen LogP contribution in [0.25, 0.3) is 99.4 Å². The average Bonchev–Trinajstić information content (AvgIpc) is 3.78. The third-order valence-corrected chi connectivity index (χ3v) is 10.1. The van der Waals surface area contributed by atoms with Crippen LogP contribution >= 0.6 is 0 Å². The summed E-state index contributed by atoms with van der Waals surface area (Å²) < 4.78 is 4.72. The van der Waals surface area contributed by atoms with Crippen LogP contribution in [0.15, 0.2) is 158 Å². The van der Waals surface area contributed by atoms with Gasteiger partial charge in [-0.3, -0.25) is 9.55 Å². The van der Waals surface area contributed by atoms with Crippen molar-refractivity contribution in [3.63, 3.8) is 0 Å². The zero-order chi connectivity index (χ0) is 31.3. The highest BCUT2D eigenvalue weighted by Crippen LogP contribution is 2.47. The summed E-state index contributed by atoms with van der Waals surface area (Å²) in [7, 11) is 0. The SMILES string of the molecule is c1ccc(-n2c3ccccc3c3cc(-c4ccc5c6ccccc6n(-c6ncc7c8c(cccc68)-c6ncccc6-7)c5c4)ccc32)cc1. The van der Waals surface area contributed by atoms with E-state index >= 15 is 0 Å². The third kappa shape index (κ3) is 3.38. The molecule has 0 spiro atoms. The summed E-state index contributed by atoms with van der Waals surface area (Å²) in [5.74, 6) is 0.938. The van der Waals surface area contributed by atoms with Crippen LogP contribution in [0.4, 0.5) is 0 Å². The highest BCUT2D eigenvalue weighted by atomic mass is 15.1. The van der Waals surface area contributed by atoms with E-state index in [-0.39, 0.29) is 0 Å². The third-order valence-electron chi connectivity index (χ3n) is 10.1. The van der Waals surface area contributed by atoms with Crippen LogP contribution in [-0.4, -0.2) is 19.1 Å². The van der Waals surface area contributed by atoms with Crippen molar-refractivity contribution in [3.8, 4) is 45.0 Å². The minimum absolute atomic E-state index is 0.938. The van der Waals surface area contributed by atoms with E-state index in [1.54, 1.807) is 0 Å². The van der Waals surface area contributed by atoms with E-state index in [1.807, 2.05) is 18.5 Å². The van der Waals surface area contributed by atoms with Crippen LogP contribution < -0.4 is 0 Å². The molecular formula is C44H26N4. The van der Waals surface area contributed by atoms with Gasteiger partial charge in [-0.05, 0) is 59.7 Å². The molecule has 6 aromatic carbocycles. The number of rotatable bonds is 3. The Labute approximate surface area is 275 Å². The molecular weight excluding hydrogens is 585 g/mol. The van der Waals surface area contributed by atoms with Crippen LogP contribution in [0.2, 0.25) is 0 Å². The lowest BCUT2D eigenvalue weighted by atomic mass is 10.0. The first-order chi connectivity index (χ1) is 23.8. The number of hydrogen-bond acceptors (Lipinski definition) is 2. The van der Waals surface area contributed by atoms with Crippen molar-refractivity contribution in [3.05, 3.63) is 158 Å². The number of benzene rings is 6. The van der Waals surface area contributed by atoms with E-state index in [9.17, 15) is 0 Å². The van der Waals surface area contributed by atoms with Crippen molar-refractivity contribution in [2.75, 3.05) is 0 Å². The quantitative estimate of drug-likeness (QED) is 0.199. The van der Waals surface area contributed by atoms with Gasteiger partial charge >= 0.3 is 0 Å². The molecule has 48 heavy (non-hydrogen) atoms. The highest BCUT2D eigenvalue weighted by molar-refractivity contribution is 6.17. The number of fused-ring (bicyclic) bond motifs is 9. The van der Waals surface area contributed by atoms with Crippen LogP contribution in [0.1, 0.15) is 0 Å². The summed E-state index contributed by atoms with van der Waals surface area (Å²) >= 11 is 0. The lowest BCUT2D eigenvalue weighted by Gasteiger charge is -2.12. The van der Waals surface area contributed by atoms with Crippen LogP contribution in [0.5, 0.6) is 0 Å². The monoisotopic (exact) mass is 610 g/mol. The van der Waals surface area contributed by atoms with Gasteiger partial charge in [-0.25, -0.2) is 4.98 Å². The number of nitrogens with zero attached hydrogens (tertiary/aromatic N) is 4. The predicted octanol–water partition coefficient (Wildman–Crippen LogP) is 11.1. The standard InChI is InChI=1S/C44H26N4/c1-2-10-29(11-3-1)47-38-17-6-5-13-31(38)36-24-27(20-22-40(36)47)28-19-21-32-30-12-4-7-18-39(30)48(41(32)25-28)44-35-15-8-14-34-42(35)37(26-46-44)33-16-9-23-45-43(33)34/h1-26H. The number of hydrogen-bond donors (Lipinski definition) is 0. The van der Waals surface area contributed by atoms with Gasteiger partial charge in [-0.1, -0.05) is 97.1 Å². The van der Waals surface area contributed by atoms with Gasteiger partial charge in [0.15, 0.2) is 0 Å². The molecule has 0 bridgehead atoms. The Morgan fingerprint density at radius 1 is 0.396 bits per heavy atom. The molecule has 1 aliphatic carbocycles. The molecule has 4 aromatic heterocycles. The molecule has 222 valence electrons. The first kappa shape index (κ1) is 25.6. The van der Waals surface area contributed by atoms with Crippen molar-refractivity contribution >= 4 is 54.4 Å². The van der Waals surface area contributed by atoms with Crippen LogP contribution in [-0.2, 0) is 0 Å². The molecule has 0 unspecified atom stereocenters. The van der Waals surface area contributed by atoms with Crippen molar-refractivity contribution in [2.24, 2.45) is 0 Å². The van der Waals surface area contributed by atoms with Gasteiger partial charge in [0.1, 0.15) is 5.82 Å². The molecule has 1 aliphatic rings. The Morgan fingerprint density at radius 2 is 1.06 bits per heavy atom. The fourth-order valence-corrected chi connectivity index (χ4v) is 8.09. The largest absolute Gasteiger partial charge is 0.309 e. The fraction of sp³-hybridized carbons (Fsp3) is 0. The van der Waals surface area contributed by atoms with Crippen LogP contribution in [0.3, 0.4) is 0 Å². The van der Waals surface area contributed by atoms with Crippen molar-refractivity contribution in [1.82, 2.24) is 19.1 Å². The van der Waals surface area contributed by atoms with E-state index in [4.69, 9.17) is 9.97 Å². The molecule has 0 atom stereocenters. The maximum absolute atomic E-state index is 5.19. The second kappa shape index (κ2) is 9.50. The zero-order valence-corrected chi connectivity index (χ0v) is 25.8. The Balaban J connectivity index is 1.16. The molecule has 4 heteroatoms. The molecule has 0 N–H and O–H groups in total. The highest BCUT2D eigenvalue weighted by Gasteiger charge is 2.25. The van der Waals surface area contributed by atoms with Gasteiger partial charge in [0.05, 0.1) is 27.8 Å². The summed E-state index contributed by atoms with van der Waals surface area (Å²) in [6.45, 7) is 0. The number of para-hydroxylation sites is 3. The van der Waals surface area contributed by atoms with Crippen molar-refractivity contribution in [2.45, 2.75) is 0 Å². The first-order valence-corrected chi connectivity index (χ1v) is 16.3.